The number of nitrogens with one attached hydrogen (secondary N) is 1. The number of hydrogen-bond acceptors (Lipinski definition) is 6. The number of halogens is 1. The number of anilines is 1. The van der Waals surface area contributed by atoms with Gasteiger partial charge in [0.2, 0.25) is 0 Å². The number of nitrogens with zero attached hydrogens (tertiary/aromatic N) is 2. The fourth-order valence-electron chi connectivity index (χ4n) is 3.55. The topological polar surface area (TPSA) is 96.4 Å². The quantitative estimate of drug-likeness (QED) is 0.569. The Morgan fingerprint density at radius 3 is 2.72 bits per heavy atom. The molecule has 0 saturated heterocycles. The first-order valence-corrected chi connectivity index (χ1v) is 12.5. The van der Waals surface area contributed by atoms with E-state index >= 15 is 0 Å². The van der Waals surface area contributed by atoms with Crippen molar-refractivity contribution in [3.63, 3.8) is 0 Å². The third-order valence-electron chi connectivity index (χ3n) is 5.09. The summed E-state index contributed by atoms with van der Waals surface area (Å²) < 4.78 is 26.3. The molecule has 1 aliphatic heterocycles. The van der Waals surface area contributed by atoms with Gasteiger partial charge in [0, 0.05) is 34.1 Å². The minimum atomic E-state index is -3.98. The van der Waals surface area contributed by atoms with E-state index in [1.54, 1.807) is 20.0 Å². The number of aromatic nitrogens is 1. The molecule has 2 amide bonds. The van der Waals surface area contributed by atoms with Crippen LogP contribution in [0.5, 0.6) is 0 Å². The molecule has 4 rings (SSSR count). The number of aryl methyl sites for hydroxylation is 1. The van der Waals surface area contributed by atoms with Gasteiger partial charge in [0.25, 0.3) is 21.8 Å². The molecule has 0 fully saturated rings. The van der Waals surface area contributed by atoms with Gasteiger partial charge in [-0.05, 0) is 50.1 Å². The highest BCUT2D eigenvalue weighted by Crippen LogP contribution is 2.33. The van der Waals surface area contributed by atoms with Gasteiger partial charge in [-0.1, -0.05) is 29.8 Å². The first-order chi connectivity index (χ1) is 15.1. The van der Waals surface area contributed by atoms with Gasteiger partial charge in [0.1, 0.15) is 4.90 Å². The molecule has 7 nitrogen and oxygen atoms in total. The third-order valence-corrected chi connectivity index (χ3v) is 8.54. The maximum Gasteiger partial charge on any atom is 0.269 e. The maximum absolute atomic E-state index is 12.7. The molecule has 10 heteroatoms. The second kappa shape index (κ2) is 8.31. The fourth-order valence-corrected chi connectivity index (χ4v) is 6.36. The zero-order valence-electron chi connectivity index (χ0n) is 17.5. The smallest absolute Gasteiger partial charge is 0.269 e. The lowest BCUT2D eigenvalue weighted by atomic mass is 10.1. The van der Waals surface area contributed by atoms with Crippen molar-refractivity contribution in [3.05, 3.63) is 74.7 Å². The second-order valence-corrected chi connectivity index (χ2v) is 11.0. The van der Waals surface area contributed by atoms with E-state index in [0.717, 1.165) is 20.3 Å². The van der Waals surface area contributed by atoms with E-state index in [9.17, 15) is 18.0 Å². The normalized spacial score (nSPS) is 14.7. The highest BCUT2D eigenvalue weighted by Gasteiger charge is 2.42. The van der Waals surface area contributed by atoms with E-state index in [0.29, 0.717) is 16.6 Å². The number of carbonyl (C=O) groups is 2. The molecule has 1 aromatic heterocycles. The number of carbonyl (C=O) groups excluding carboxylic acids is 2. The van der Waals surface area contributed by atoms with Crippen LogP contribution in [0.3, 0.4) is 0 Å². The molecular formula is C22H20ClN3O4S2. The predicted molar refractivity (Wildman–Crippen MR) is 124 cm³/mol. The molecule has 0 atom stereocenters. The van der Waals surface area contributed by atoms with E-state index in [2.05, 4.69) is 10.3 Å². The van der Waals surface area contributed by atoms with E-state index in [1.165, 1.54) is 29.5 Å². The van der Waals surface area contributed by atoms with E-state index in [1.807, 2.05) is 25.1 Å². The summed E-state index contributed by atoms with van der Waals surface area (Å²) in [7, 11) is -3.98. The Kier molecular flexibility index (Phi) is 5.83. The second-order valence-electron chi connectivity index (χ2n) is 7.72. The Morgan fingerprint density at radius 1 is 1.25 bits per heavy atom. The lowest BCUT2D eigenvalue weighted by Crippen LogP contribution is -2.36. The van der Waals surface area contributed by atoms with Crippen LogP contribution < -0.4 is 5.32 Å². The molecular weight excluding hydrogens is 470 g/mol. The van der Waals surface area contributed by atoms with Crippen molar-refractivity contribution in [1.29, 1.82) is 0 Å². The molecule has 0 aliphatic carbocycles. The van der Waals surface area contributed by atoms with Crippen LogP contribution in [0.2, 0.25) is 5.02 Å². The molecule has 2 heterocycles. The van der Waals surface area contributed by atoms with E-state index in [-0.39, 0.29) is 16.0 Å². The Bertz CT molecular complexity index is 1350. The summed E-state index contributed by atoms with van der Waals surface area (Å²) in [6.07, 6.45) is 2.25. The van der Waals surface area contributed by atoms with Crippen molar-refractivity contribution >= 4 is 49.9 Å². The van der Waals surface area contributed by atoms with Crippen LogP contribution in [0.15, 0.2) is 47.5 Å². The summed E-state index contributed by atoms with van der Waals surface area (Å²) in [6, 6.07) is 9.35. The van der Waals surface area contributed by atoms with Crippen LogP contribution in [0.1, 0.15) is 50.6 Å². The molecule has 1 aliphatic rings. The van der Waals surface area contributed by atoms with Crippen LogP contribution >= 0.6 is 22.9 Å². The largest absolute Gasteiger partial charge is 0.298 e. The number of hydrogen-bond donors (Lipinski definition) is 1. The standard InChI is InChI=1S/C22H20ClN3O4S2/c1-12(2)26-21(28)17-8-7-15(10-18(17)32(26,29)30)20(27)25-22-24-11-16(31-22)9-14-6-4-5-13(3)19(14)23/h4-8,10-12H,9H2,1-3H3,(H,24,25,27). The van der Waals surface area contributed by atoms with Crippen LogP contribution in [-0.4, -0.2) is 35.6 Å². The van der Waals surface area contributed by atoms with E-state index < -0.39 is 27.9 Å². The van der Waals surface area contributed by atoms with Gasteiger partial charge >= 0.3 is 0 Å². The summed E-state index contributed by atoms with van der Waals surface area (Å²) in [6.45, 7) is 5.19. The molecule has 2 aromatic carbocycles. The zero-order chi connectivity index (χ0) is 23.2. The Balaban J connectivity index is 1.54. The monoisotopic (exact) mass is 489 g/mol. The summed E-state index contributed by atoms with van der Waals surface area (Å²) >= 11 is 7.67. The van der Waals surface area contributed by atoms with Gasteiger partial charge in [0.15, 0.2) is 5.13 Å². The highest BCUT2D eigenvalue weighted by molar-refractivity contribution is 7.90. The molecule has 0 bridgehead atoms. The van der Waals surface area contributed by atoms with Crippen LogP contribution in [0, 0.1) is 6.92 Å². The Morgan fingerprint density at radius 2 is 2.00 bits per heavy atom. The Hall–Kier alpha value is -2.75. The molecule has 166 valence electrons. The summed E-state index contributed by atoms with van der Waals surface area (Å²) in [5.41, 5.74) is 2.16. The lowest BCUT2D eigenvalue weighted by molar-refractivity contribution is 0.0846. The van der Waals surface area contributed by atoms with Gasteiger partial charge in [0.05, 0.1) is 5.56 Å². The van der Waals surface area contributed by atoms with Crippen molar-refractivity contribution in [2.75, 3.05) is 5.32 Å². The van der Waals surface area contributed by atoms with Gasteiger partial charge in [-0.15, -0.1) is 11.3 Å². The number of thiazole rings is 1. The molecule has 3 aromatic rings. The average molecular weight is 490 g/mol. The SMILES string of the molecule is Cc1cccc(Cc2cnc(NC(=O)c3ccc4c(c3)S(=O)(=O)N(C(C)C)C4=O)s2)c1Cl. The number of sulfonamides is 1. The first-order valence-electron chi connectivity index (χ1n) is 9.82. The number of fused-ring (bicyclic) bond motifs is 1. The predicted octanol–water partition coefficient (Wildman–Crippen LogP) is 4.50. The van der Waals surface area contributed by atoms with Gasteiger partial charge in [-0.2, -0.15) is 0 Å². The molecule has 0 unspecified atom stereocenters. The lowest BCUT2D eigenvalue weighted by Gasteiger charge is -2.18. The van der Waals surface area contributed by atoms with Crippen molar-refractivity contribution in [1.82, 2.24) is 9.29 Å². The third kappa shape index (κ3) is 3.92. The summed E-state index contributed by atoms with van der Waals surface area (Å²) in [5.74, 6) is -1.09. The van der Waals surface area contributed by atoms with Crippen LogP contribution in [-0.2, 0) is 16.4 Å². The van der Waals surface area contributed by atoms with Crippen molar-refractivity contribution in [3.8, 4) is 0 Å². The van der Waals surface area contributed by atoms with Crippen LogP contribution in [0.4, 0.5) is 5.13 Å². The first kappa shape index (κ1) is 22.4. The molecule has 0 spiro atoms. The van der Waals surface area contributed by atoms with Crippen molar-refractivity contribution in [2.24, 2.45) is 0 Å². The minimum Gasteiger partial charge on any atom is -0.298 e. The molecule has 0 radical (unpaired) electrons. The maximum atomic E-state index is 12.7. The van der Waals surface area contributed by atoms with Crippen LogP contribution in [0.25, 0.3) is 0 Å². The average Bonchev–Trinajstić information content (AvgIpc) is 3.24. The summed E-state index contributed by atoms with van der Waals surface area (Å²) in [4.78, 5) is 30.2. The number of rotatable bonds is 5. The number of amides is 2. The van der Waals surface area contributed by atoms with Gasteiger partial charge in [-0.3, -0.25) is 14.9 Å². The van der Waals surface area contributed by atoms with Crippen molar-refractivity contribution in [2.45, 2.75) is 38.1 Å². The van der Waals surface area contributed by atoms with Gasteiger partial charge in [-0.25, -0.2) is 17.7 Å². The number of benzene rings is 2. The Labute approximate surface area is 195 Å². The van der Waals surface area contributed by atoms with Crippen molar-refractivity contribution < 1.29 is 18.0 Å². The van der Waals surface area contributed by atoms with Gasteiger partial charge < -0.3 is 0 Å². The molecule has 0 saturated carbocycles. The minimum absolute atomic E-state index is 0.0711. The van der Waals surface area contributed by atoms with E-state index in [4.69, 9.17) is 11.6 Å². The molecule has 32 heavy (non-hydrogen) atoms. The fraction of sp³-hybridized carbons (Fsp3) is 0.227. The summed E-state index contributed by atoms with van der Waals surface area (Å²) in [5, 5.41) is 3.79. The molecule has 1 N–H and O–H groups in total. The zero-order valence-corrected chi connectivity index (χ0v) is 19.9. The highest BCUT2D eigenvalue weighted by atomic mass is 35.5.